The van der Waals surface area contributed by atoms with Crippen molar-refractivity contribution in [2.45, 2.75) is 38.2 Å². The predicted octanol–water partition coefficient (Wildman–Crippen LogP) is 2.70. The maximum atomic E-state index is 11.5. The Morgan fingerprint density at radius 2 is 1.86 bits per heavy atom. The molecule has 0 saturated carbocycles. The average Bonchev–Trinajstić information content (AvgIpc) is 2.17. The topological polar surface area (TPSA) is 26.3 Å². The minimum atomic E-state index is -1.32. The second-order valence-corrected chi connectivity index (χ2v) is 4.51. The van der Waals surface area contributed by atoms with Gasteiger partial charge in [0, 0.05) is 0 Å². The second-order valence-electron chi connectivity index (χ2n) is 3.38. The van der Waals surface area contributed by atoms with Gasteiger partial charge in [0.05, 0.1) is 11.0 Å². The van der Waals surface area contributed by atoms with Crippen LogP contribution in [0.25, 0.3) is 0 Å². The van der Waals surface area contributed by atoms with E-state index in [4.69, 9.17) is 4.18 Å². The summed E-state index contributed by atoms with van der Waals surface area (Å²) in [5, 5.41) is 0. The summed E-state index contributed by atoms with van der Waals surface area (Å²) in [5.41, 5.74) is 1.25. The quantitative estimate of drug-likeness (QED) is 0.767. The highest BCUT2D eigenvalue weighted by Gasteiger charge is 2.06. The van der Waals surface area contributed by atoms with Crippen LogP contribution >= 0.6 is 0 Å². The van der Waals surface area contributed by atoms with Crippen molar-refractivity contribution in [2.24, 2.45) is 0 Å². The van der Waals surface area contributed by atoms with Crippen LogP contribution in [0.4, 0.5) is 0 Å². The first-order valence-corrected chi connectivity index (χ1v) is 5.88. The molecule has 0 saturated heterocycles. The lowest BCUT2D eigenvalue weighted by Gasteiger charge is -2.06. The van der Waals surface area contributed by atoms with Crippen molar-refractivity contribution in [3.05, 3.63) is 29.8 Å². The van der Waals surface area contributed by atoms with Gasteiger partial charge in [-0.05, 0) is 38.0 Å². The Balaban J connectivity index is 2.71. The normalized spacial score (nSPS) is 13.1. The van der Waals surface area contributed by atoms with Crippen molar-refractivity contribution in [1.82, 2.24) is 0 Å². The molecule has 0 heterocycles. The standard InChI is InChI=1S/C11H16O2S/c1-4-10-5-7-11(8-6-10)14(12)13-9(2)3/h5-9H,4H2,1-3H3/t14-/m1/s1. The molecule has 1 atom stereocenters. The van der Waals surface area contributed by atoms with Gasteiger partial charge in [-0.2, -0.15) is 0 Å². The summed E-state index contributed by atoms with van der Waals surface area (Å²) in [5.74, 6) is 0. The van der Waals surface area contributed by atoms with Crippen LogP contribution in [0.2, 0.25) is 0 Å². The Kier molecular flexibility index (Phi) is 4.29. The van der Waals surface area contributed by atoms with E-state index in [1.807, 2.05) is 38.1 Å². The first-order chi connectivity index (χ1) is 6.63. The summed E-state index contributed by atoms with van der Waals surface area (Å²) < 4.78 is 16.7. The van der Waals surface area contributed by atoms with Crippen molar-refractivity contribution in [1.29, 1.82) is 0 Å². The summed E-state index contributed by atoms with van der Waals surface area (Å²) in [4.78, 5) is 0.732. The first-order valence-electron chi connectivity index (χ1n) is 4.81. The first kappa shape index (κ1) is 11.4. The molecule has 0 amide bonds. The number of aryl methyl sites for hydroxylation is 1. The highest BCUT2D eigenvalue weighted by molar-refractivity contribution is 7.80. The van der Waals surface area contributed by atoms with Gasteiger partial charge in [-0.25, -0.2) is 4.21 Å². The summed E-state index contributed by atoms with van der Waals surface area (Å²) in [7, 11) is 0. The van der Waals surface area contributed by atoms with E-state index in [0.717, 1.165) is 11.3 Å². The molecule has 0 fully saturated rings. The van der Waals surface area contributed by atoms with Crippen LogP contribution in [-0.4, -0.2) is 10.3 Å². The number of hydrogen-bond donors (Lipinski definition) is 0. The predicted molar refractivity (Wildman–Crippen MR) is 58.4 cm³/mol. The van der Waals surface area contributed by atoms with E-state index in [2.05, 4.69) is 6.92 Å². The van der Waals surface area contributed by atoms with Crippen molar-refractivity contribution < 1.29 is 8.39 Å². The third-order valence-corrected chi connectivity index (χ3v) is 3.02. The van der Waals surface area contributed by atoms with E-state index >= 15 is 0 Å². The van der Waals surface area contributed by atoms with Gasteiger partial charge in [0.1, 0.15) is 0 Å². The Labute approximate surface area is 88.0 Å². The van der Waals surface area contributed by atoms with Crippen LogP contribution in [0.3, 0.4) is 0 Å². The molecule has 0 bridgehead atoms. The molecule has 0 unspecified atom stereocenters. The highest BCUT2D eigenvalue weighted by atomic mass is 32.2. The van der Waals surface area contributed by atoms with Crippen molar-refractivity contribution in [3.8, 4) is 0 Å². The zero-order valence-corrected chi connectivity index (χ0v) is 9.64. The molecule has 0 aromatic heterocycles. The van der Waals surface area contributed by atoms with Crippen LogP contribution < -0.4 is 0 Å². The minimum Gasteiger partial charge on any atom is -0.284 e. The van der Waals surface area contributed by atoms with Gasteiger partial charge in [-0.15, -0.1) is 0 Å². The van der Waals surface area contributed by atoms with E-state index in [9.17, 15) is 4.21 Å². The molecule has 1 aromatic carbocycles. The summed E-state index contributed by atoms with van der Waals surface area (Å²) in [6.45, 7) is 5.84. The van der Waals surface area contributed by atoms with Crippen LogP contribution in [0.5, 0.6) is 0 Å². The molecule has 0 aliphatic heterocycles. The van der Waals surface area contributed by atoms with Gasteiger partial charge >= 0.3 is 0 Å². The molecule has 0 aliphatic rings. The van der Waals surface area contributed by atoms with Gasteiger partial charge in [0.25, 0.3) is 0 Å². The number of benzene rings is 1. The van der Waals surface area contributed by atoms with Gasteiger partial charge in [-0.1, -0.05) is 19.1 Å². The minimum absolute atomic E-state index is 0.0123. The van der Waals surface area contributed by atoms with E-state index in [-0.39, 0.29) is 6.10 Å². The molecular weight excluding hydrogens is 196 g/mol. The summed E-state index contributed by atoms with van der Waals surface area (Å²) in [6, 6.07) is 7.68. The molecule has 14 heavy (non-hydrogen) atoms. The lowest BCUT2D eigenvalue weighted by atomic mass is 10.2. The van der Waals surface area contributed by atoms with E-state index in [0.29, 0.717) is 0 Å². The Morgan fingerprint density at radius 3 is 2.29 bits per heavy atom. The highest BCUT2D eigenvalue weighted by Crippen LogP contribution is 2.11. The largest absolute Gasteiger partial charge is 0.284 e. The molecule has 0 radical (unpaired) electrons. The number of hydrogen-bond acceptors (Lipinski definition) is 2. The molecule has 0 aliphatic carbocycles. The monoisotopic (exact) mass is 212 g/mol. The van der Waals surface area contributed by atoms with Crippen LogP contribution in [-0.2, 0) is 21.7 Å². The summed E-state index contributed by atoms with van der Waals surface area (Å²) in [6.07, 6.45) is 0.986. The molecule has 1 aromatic rings. The zero-order chi connectivity index (χ0) is 10.6. The Bertz CT molecular complexity index is 304. The second kappa shape index (κ2) is 5.27. The van der Waals surface area contributed by atoms with Gasteiger partial charge < -0.3 is 0 Å². The van der Waals surface area contributed by atoms with Gasteiger partial charge in [0.2, 0.25) is 0 Å². The van der Waals surface area contributed by atoms with Gasteiger partial charge in [0.15, 0.2) is 11.1 Å². The Hall–Kier alpha value is -0.670. The third kappa shape index (κ3) is 3.24. The van der Waals surface area contributed by atoms with Crippen LogP contribution in [0, 0.1) is 0 Å². The molecule has 78 valence electrons. The van der Waals surface area contributed by atoms with Crippen molar-refractivity contribution in [3.63, 3.8) is 0 Å². The summed E-state index contributed by atoms with van der Waals surface area (Å²) >= 11 is -1.32. The lowest BCUT2D eigenvalue weighted by molar-refractivity contribution is 0.270. The van der Waals surface area contributed by atoms with Gasteiger partial charge in [-0.3, -0.25) is 4.18 Å². The molecule has 2 nitrogen and oxygen atoms in total. The third-order valence-electron chi connectivity index (χ3n) is 1.80. The maximum absolute atomic E-state index is 11.5. The average molecular weight is 212 g/mol. The van der Waals surface area contributed by atoms with Crippen molar-refractivity contribution in [2.75, 3.05) is 0 Å². The van der Waals surface area contributed by atoms with E-state index in [1.165, 1.54) is 5.56 Å². The number of rotatable bonds is 4. The van der Waals surface area contributed by atoms with Crippen molar-refractivity contribution >= 4 is 11.1 Å². The molecule has 3 heteroatoms. The van der Waals surface area contributed by atoms with E-state index < -0.39 is 11.1 Å². The fourth-order valence-electron chi connectivity index (χ4n) is 1.07. The lowest BCUT2D eigenvalue weighted by Crippen LogP contribution is -2.05. The molecule has 1 rings (SSSR count). The van der Waals surface area contributed by atoms with E-state index in [1.54, 1.807) is 0 Å². The molecule has 0 spiro atoms. The maximum Gasteiger partial charge on any atom is 0.189 e. The SMILES string of the molecule is CCc1ccc([S@](=O)OC(C)C)cc1. The fourth-order valence-corrected chi connectivity index (χ4v) is 1.89. The smallest absolute Gasteiger partial charge is 0.189 e. The zero-order valence-electron chi connectivity index (χ0n) is 8.82. The molecular formula is C11H16O2S. The van der Waals surface area contributed by atoms with Crippen LogP contribution in [0.15, 0.2) is 29.2 Å². The Morgan fingerprint density at radius 1 is 1.29 bits per heavy atom. The fraction of sp³-hybridized carbons (Fsp3) is 0.455. The molecule has 0 N–H and O–H groups in total. The van der Waals surface area contributed by atoms with Crippen LogP contribution in [0.1, 0.15) is 26.3 Å².